The van der Waals surface area contributed by atoms with Gasteiger partial charge >= 0.3 is 6.18 Å². The molecule has 0 aliphatic heterocycles. The lowest BCUT2D eigenvalue weighted by molar-refractivity contribution is -0.137. The molecule has 1 fully saturated rings. The first-order valence-electron chi connectivity index (χ1n) is 10.1. The van der Waals surface area contributed by atoms with Crippen molar-refractivity contribution < 1.29 is 23.0 Å². The van der Waals surface area contributed by atoms with E-state index < -0.39 is 17.3 Å². The Morgan fingerprint density at radius 2 is 2.00 bits per heavy atom. The van der Waals surface area contributed by atoms with Crippen LogP contribution in [-0.2, 0) is 18.1 Å². The highest BCUT2D eigenvalue weighted by atomic mass is 32.1. The number of rotatable bonds is 4. The predicted molar refractivity (Wildman–Crippen MR) is 116 cm³/mol. The van der Waals surface area contributed by atoms with Crippen molar-refractivity contribution in [3.63, 3.8) is 0 Å². The molecule has 1 aliphatic carbocycles. The molecule has 0 spiro atoms. The molecule has 1 heterocycles. The van der Waals surface area contributed by atoms with Crippen LogP contribution >= 0.6 is 11.3 Å². The van der Waals surface area contributed by atoms with E-state index in [4.69, 9.17) is 4.74 Å². The molecular weight excluding hydrogens is 441 g/mol. The maximum Gasteiger partial charge on any atom is 0.416 e. The van der Waals surface area contributed by atoms with Crippen LogP contribution in [0, 0.1) is 11.5 Å². The van der Waals surface area contributed by atoms with Gasteiger partial charge in [-0.3, -0.25) is 0 Å². The van der Waals surface area contributed by atoms with Crippen LogP contribution in [0.5, 0.6) is 5.75 Å². The number of alkyl halides is 3. The standard InChI is InChI=1S/C22H25F3N4O2S/c1-20(2,3)17-11-29(12-21(30)8-5-9-21)19(32-17)28-18(27-13-26)15-10-14(22(23,24)25)6-7-16(15)31-4/h6-7,10-11,30H,5,8-9,12H2,1-4H3. The second-order valence-corrected chi connectivity index (χ2v) is 9.90. The number of aliphatic hydroxyl groups is 1. The number of nitrogens with zero attached hydrogens (tertiary/aromatic N) is 4. The van der Waals surface area contributed by atoms with Crippen molar-refractivity contribution in [2.75, 3.05) is 7.11 Å². The van der Waals surface area contributed by atoms with Gasteiger partial charge in [-0.15, -0.1) is 11.3 Å². The summed E-state index contributed by atoms with van der Waals surface area (Å²) >= 11 is 1.35. The molecule has 32 heavy (non-hydrogen) atoms. The Labute approximate surface area is 188 Å². The summed E-state index contributed by atoms with van der Waals surface area (Å²) in [6.07, 6.45) is 1.22. The molecule has 3 rings (SSSR count). The lowest BCUT2D eigenvalue weighted by Gasteiger charge is -2.36. The molecule has 0 amide bonds. The number of thiazole rings is 1. The number of aromatic nitrogens is 1. The van der Waals surface area contributed by atoms with Gasteiger partial charge in [0.05, 0.1) is 30.4 Å². The van der Waals surface area contributed by atoms with Crippen LogP contribution < -0.4 is 9.54 Å². The number of ether oxygens (including phenoxy) is 1. The SMILES string of the molecule is COc1ccc(C(F)(F)F)cc1C(=NC#N)N=c1sc(C(C)(C)C)cn1CC1(O)CCC1. The zero-order chi connectivity index (χ0) is 23.7. The van der Waals surface area contributed by atoms with E-state index >= 15 is 0 Å². The van der Waals surface area contributed by atoms with Gasteiger partial charge in [-0.05, 0) is 42.9 Å². The molecule has 1 aliphatic rings. The first-order chi connectivity index (χ1) is 14.9. The molecule has 1 saturated carbocycles. The van der Waals surface area contributed by atoms with Gasteiger partial charge in [0, 0.05) is 11.1 Å². The third-order valence-corrected chi connectivity index (χ3v) is 6.78. The van der Waals surface area contributed by atoms with Gasteiger partial charge in [0.25, 0.3) is 0 Å². The van der Waals surface area contributed by atoms with Gasteiger partial charge in [0.15, 0.2) is 10.6 Å². The van der Waals surface area contributed by atoms with Crippen LogP contribution in [0.15, 0.2) is 34.4 Å². The van der Waals surface area contributed by atoms with Crippen LogP contribution in [0.4, 0.5) is 13.2 Å². The highest BCUT2D eigenvalue weighted by molar-refractivity contribution is 7.09. The minimum Gasteiger partial charge on any atom is -0.496 e. The summed E-state index contributed by atoms with van der Waals surface area (Å²) in [7, 11) is 1.32. The number of hydrogen-bond acceptors (Lipinski definition) is 5. The summed E-state index contributed by atoms with van der Waals surface area (Å²) < 4.78 is 46.9. The quantitative estimate of drug-likeness (QED) is 0.406. The van der Waals surface area contributed by atoms with Crippen molar-refractivity contribution >= 4 is 17.2 Å². The van der Waals surface area contributed by atoms with Crippen LogP contribution in [-0.4, -0.2) is 28.2 Å². The van der Waals surface area contributed by atoms with E-state index in [1.807, 2.05) is 27.0 Å². The molecule has 1 aromatic carbocycles. The van der Waals surface area contributed by atoms with E-state index in [9.17, 15) is 23.5 Å². The van der Waals surface area contributed by atoms with E-state index in [-0.39, 0.29) is 22.6 Å². The van der Waals surface area contributed by atoms with Crippen molar-refractivity contribution in [3.8, 4) is 11.9 Å². The second-order valence-electron chi connectivity index (χ2n) is 8.89. The fraction of sp³-hybridized carbons (Fsp3) is 0.500. The van der Waals surface area contributed by atoms with Crippen LogP contribution in [0.2, 0.25) is 0 Å². The zero-order valence-corrected chi connectivity index (χ0v) is 19.1. The van der Waals surface area contributed by atoms with E-state index in [1.54, 1.807) is 10.8 Å². The van der Waals surface area contributed by atoms with Crippen LogP contribution in [0.3, 0.4) is 0 Å². The summed E-state index contributed by atoms with van der Waals surface area (Å²) in [6, 6.07) is 2.96. The Bertz CT molecular complexity index is 1130. The Kier molecular flexibility index (Phi) is 6.54. The molecule has 1 N–H and O–H groups in total. The third-order valence-electron chi connectivity index (χ3n) is 5.33. The number of amidine groups is 1. The van der Waals surface area contributed by atoms with Gasteiger partial charge in [-0.25, -0.2) is 0 Å². The van der Waals surface area contributed by atoms with E-state index in [0.717, 1.165) is 23.4 Å². The lowest BCUT2D eigenvalue weighted by Crippen LogP contribution is -2.42. The first-order valence-corrected chi connectivity index (χ1v) is 10.9. The number of halogens is 3. The molecule has 0 atom stereocenters. The number of hydrogen-bond donors (Lipinski definition) is 1. The van der Waals surface area contributed by atoms with Gasteiger partial charge in [0.1, 0.15) is 5.75 Å². The fourth-order valence-electron chi connectivity index (χ4n) is 3.33. The number of methoxy groups -OCH3 is 1. The summed E-state index contributed by atoms with van der Waals surface area (Å²) in [5.41, 5.74) is -1.98. The molecule has 2 aromatic rings. The highest BCUT2D eigenvalue weighted by Crippen LogP contribution is 2.35. The summed E-state index contributed by atoms with van der Waals surface area (Å²) in [5.74, 6) is -0.0698. The van der Waals surface area contributed by atoms with E-state index in [2.05, 4.69) is 9.98 Å². The van der Waals surface area contributed by atoms with E-state index in [1.165, 1.54) is 24.5 Å². The topological polar surface area (TPSA) is 82.9 Å². The molecular formula is C22H25F3N4O2S. The largest absolute Gasteiger partial charge is 0.496 e. The van der Waals surface area contributed by atoms with Gasteiger partial charge in [-0.2, -0.15) is 28.4 Å². The zero-order valence-electron chi connectivity index (χ0n) is 18.3. The molecule has 6 nitrogen and oxygen atoms in total. The molecule has 0 bridgehead atoms. The van der Waals surface area contributed by atoms with Gasteiger partial charge in [0.2, 0.25) is 6.19 Å². The average Bonchev–Trinajstić information content (AvgIpc) is 3.08. The Balaban J connectivity index is 2.19. The molecule has 0 saturated heterocycles. The van der Waals surface area contributed by atoms with E-state index in [0.29, 0.717) is 24.2 Å². The maximum atomic E-state index is 13.3. The first kappa shape index (κ1) is 24.0. The number of nitriles is 1. The van der Waals surface area contributed by atoms with Crippen LogP contribution in [0.25, 0.3) is 0 Å². The second kappa shape index (κ2) is 8.71. The lowest BCUT2D eigenvalue weighted by atomic mass is 9.80. The molecule has 0 radical (unpaired) electrons. The molecule has 1 aromatic heterocycles. The predicted octanol–water partition coefficient (Wildman–Crippen LogP) is 4.62. The molecule has 0 unspecified atom stereocenters. The van der Waals surface area contributed by atoms with Crippen molar-refractivity contribution in [1.29, 1.82) is 5.26 Å². The van der Waals surface area contributed by atoms with Crippen molar-refractivity contribution in [2.24, 2.45) is 9.98 Å². The summed E-state index contributed by atoms with van der Waals surface area (Å²) in [5, 5.41) is 19.9. The van der Waals surface area contributed by atoms with Crippen molar-refractivity contribution in [3.05, 3.63) is 45.2 Å². The average molecular weight is 467 g/mol. The molecule has 172 valence electrons. The fourth-order valence-corrected chi connectivity index (χ4v) is 4.38. The molecule has 10 heteroatoms. The van der Waals surface area contributed by atoms with Crippen molar-refractivity contribution in [1.82, 2.24) is 4.57 Å². The summed E-state index contributed by atoms with van der Waals surface area (Å²) in [4.78, 5) is 9.59. The normalized spacial score (nSPS) is 17.1. The van der Waals surface area contributed by atoms with Gasteiger partial charge in [-0.1, -0.05) is 20.8 Å². The maximum absolute atomic E-state index is 13.3. The Morgan fingerprint density at radius 1 is 1.31 bits per heavy atom. The highest BCUT2D eigenvalue weighted by Gasteiger charge is 2.35. The van der Waals surface area contributed by atoms with Crippen molar-refractivity contribution in [2.45, 2.75) is 63.8 Å². The van der Waals surface area contributed by atoms with Gasteiger partial charge < -0.3 is 14.4 Å². The summed E-state index contributed by atoms with van der Waals surface area (Å²) in [6.45, 7) is 6.40. The minimum atomic E-state index is -4.57. The Morgan fingerprint density at radius 3 is 2.50 bits per heavy atom. The Hall–Kier alpha value is -2.64. The number of benzene rings is 1. The monoisotopic (exact) mass is 466 g/mol. The smallest absolute Gasteiger partial charge is 0.416 e. The third kappa shape index (κ3) is 5.22. The van der Waals surface area contributed by atoms with Crippen LogP contribution in [0.1, 0.15) is 56.0 Å². The minimum absolute atomic E-state index is 0.0384. The number of aliphatic imine (C=N–C) groups is 1.